The molecule has 0 saturated carbocycles. The highest BCUT2D eigenvalue weighted by atomic mass is 32.1. The van der Waals surface area contributed by atoms with Gasteiger partial charge in [0.15, 0.2) is 5.82 Å². The minimum Gasteiger partial charge on any atom is -0.313 e. The van der Waals surface area contributed by atoms with Crippen molar-refractivity contribution in [3.8, 4) is 10.7 Å². The monoisotopic (exact) mass is 250 g/mol. The van der Waals surface area contributed by atoms with Gasteiger partial charge in [-0.25, -0.2) is 4.98 Å². The molecule has 0 aliphatic heterocycles. The molecule has 90 valence electrons. The van der Waals surface area contributed by atoms with E-state index >= 15 is 0 Å². The van der Waals surface area contributed by atoms with Gasteiger partial charge in [0, 0.05) is 26.1 Å². The third-order valence-corrected chi connectivity index (χ3v) is 3.44. The molecule has 0 fully saturated rings. The predicted molar refractivity (Wildman–Crippen MR) is 65.9 cm³/mol. The summed E-state index contributed by atoms with van der Waals surface area (Å²) >= 11 is 1.61. The van der Waals surface area contributed by atoms with Crippen molar-refractivity contribution in [1.82, 2.24) is 19.7 Å². The number of unbranched alkanes of at least 4 members (excludes halogenated alkanes) is 1. The van der Waals surface area contributed by atoms with Gasteiger partial charge in [-0.1, -0.05) is 0 Å². The number of carbonyl (C=O) groups excluding carboxylic acids is 1. The first-order valence-corrected chi connectivity index (χ1v) is 6.28. The Labute approximate surface area is 104 Å². The van der Waals surface area contributed by atoms with Gasteiger partial charge in [-0.15, -0.1) is 21.5 Å². The molecule has 0 bridgehead atoms. The van der Waals surface area contributed by atoms with Crippen molar-refractivity contribution in [2.45, 2.75) is 26.2 Å². The average Bonchev–Trinajstić information content (AvgIpc) is 2.87. The van der Waals surface area contributed by atoms with E-state index in [1.807, 2.05) is 24.7 Å². The van der Waals surface area contributed by atoms with Crippen molar-refractivity contribution in [2.75, 3.05) is 0 Å². The molecule has 2 heterocycles. The zero-order valence-electron chi connectivity index (χ0n) is 9.88. The number of carbonyl (C=O) groups is 1. The van der Waals surface area contributed by atoms with Crippen LogP contribution in [0.1, 0.15) is 23.7 Å². The molecule has 0 atom stereocenters. The van der Waals surface area contributed by atoms with Crippen molar-refractivity contribution >= 4 is 17.6 Å². The van der Waals surface area contributed by atoms with E-state index in [0.29, 0.717) is 6.42 Å². The number of aryl methyl sites for hydroxylation is 2. The van der Waals surface area contributed by atoms with E-state index in [2.05, 4.69) is 15.2 Å². The minimum absolute atomic E-state index is 0.571. The van der Waals surface area contributed by atoms with Crippen molar-refractivity contribution < 1.29 is 4.79 Å². The summed E-state index contributed by atoms with van der Waals surface area (Å²) in [5.74, 6) is 1.75. The number of nitrogens with zero attached hydrogens (tertiary/aromatic N) is 4. The van der Waals surface area contributed by atoms with Crippen LogP contribution in [0.15, 0.2) is 6.20 Å². The summed E-state index contributed by atoms with van der Waals surface area (Å²) in [5.41, 5.74) is 0. The SMILES string of the molecule is Cc1ncc(-c2nnc(CCCC=O)n2C)s1. The van der Waals surface area contributed by atoms with Crippen molar-refractivity contribution in [1.29, 1.82) is 0 Å². The van der Waals surface area contributed by atoms with Gasteiger partial charge >= 0.3 is 0 Å². The summed E-state index contributed by atoms with van der Waals surface area (Å²) in [7, 11) is 1.95. The molecule has 6 heteroatoms. The van der Waals surface area contributed by atoms with Crippen molar-refractivity contribution in [3.63, 3.8) is 0 Å². The fourth-order valence-corrected chi connectivity index (χ4v) is 2.40. The third-order valence-electron chi connectivity index (χ3n) is 2.53. The average molecular weight is 250 g/mol. The van der Waals surface area contributed by atoms with E-state index in [9.17, 15) is 4.79 Å². The van der Waals surface area contributed by atoms with Crippen LogP contribution >= 0.6 is 11.3 Å². The topological polar surface area (TPSA) is 60.7 Å². The van der Waals surface area contributed by atoms with Crippen LogP contribution in [0.4, 0.5) is 0 Å². The van der Waals surface area contributed by atoms with Crippen LogP contribution in [0.2, 0.25) is 0 Å². The standard InChI is InChI=1S/C11H14N4OS/c1-8-12-7-9(17-8)11-14-13-10(15(11)2)5-3-4-6-16/h6-7H,3-5H2,1-2H3. The molecule has 0 unspecified atom stereocenters. The van der Waals surface area contributed by atoms with Gasteiger partial charge in [0.25, 0.3) is 0 Å². The van der Waals surface area contributed by atoms with Gasteiger partial charge in [0.05, 0.1) is 9.88 Å². The van der Waals surface area contributed by atoms with E-state index < -0.39 is 0 Å². The molecule has 0 aliphatic carbocycles. The summed E-state index contributed by atoms with van der Waals surface area (Å²) < 4.78 is 1.97. The molecule has 0 spiro atoms. The van der Waals surface area contributed by atoms with Crippen LogP contribution in [0.25, 0.3) is 10.7 Å². The molecule has 0 saturated heterocycles. The maximum atomic E-state index is 10.3. The number of thiazole rings is 1. The largest absolute Gasteiger partial charge is 0.313 e. The summed E-state index contributed by atoms with van der Waals surface area (Å²) in [6, 6.07) is 0. The van der Waals surface area contributed by atoms with Gasteiger partial charge in [0.1, 0.15) is 12.1 Å². The molecule has 5 nitrogen and oxygen atoms in total. The fraction of sp³-hybridized carbons (Fsp3) is 0.455. The number of hydrogen-bond acceptors (Lipinski definition) is 5. The minimum atomic E-state index is 0.571. The molecule has 2 aromatic rings. The van der Waals surface area contributed by atoms with E-state index in [1.54, 1.807) is 11.3 Å². The van der Waals surface area contributed by atoms with Crippen LogP contribution in [-0.2, 0) is 18.3 Å². The first-order valence-electron chi connectivity index (χ1n) is 5.47. The Balaban J connectivity index is 2.17. The van der Waals surface area contributed by atoms with Crippen LogP contribution in [-0.4, -0.2) is 26.0 Å². The molecular weight excluding hydrogens is 236 g/mol. The first-order chi connectivity index (χ1) is 8.22. The number of aromatic nitrogens is 4. The van der Waals surface area contributed by atoms with Gasteiger partial charge in [0.2, 0.25) is 0 Å². The number of aldehydes is 1. The lowest BCUT2D eigenvalue weighted by atomic mass is 10.2. The lowest BCUT2D eigenvalue weighted by Gasteiger charge is -2.00. The van der Waals surface area contributed by atoms with Crippen LogP contribution < -0.4 is 0 Å². The molecule has 2 rings (SSSR count). The second-order valence-electron chi connectivity index (χ2n) is 3.80. The maximum Gasteiger partial charge on any atom is 0.175 e. The quantitative estimate of drug-likeness (QED) is 0.599. The van der Waals surface area contributed by atoms with Gasteiger partial charge < -0.3 is 9.36 Å². The molecule has 17 heavy (non-hydrogen) atoms. The van der Waals surface area contributed by atoms with Gasteiger partial charge in [-0.2, -0.15) is 0 Å². The Morgan fingerprint density at radius 2 is 2.29 bits per heavy atom. The van der Waals surface area contributed by atoms with E-state index in [1.165, 1.54) is 0 Å². The summed E-state index contributed by atoms with van der Waals surface area (Å²) in [6.45, 7) is 1.97. The molecule has 0 N–H and O–H groups in total. The Morgan fingerprint density at radius 1 is 1.47 bits per heavy atom. The summed E-state index contributed by atoms with van der Waals surface area (Å²) in [4.78, 5) is 15.5. The molecule has 0 radical (unpaired) electrons. The van der Waals surface area contributed by atoms with Crippen LogP contribution in [0.5, 0.6) is 0 Å². The van der Waals surface area contributed by atoms with E-state index in [0.717, 1.165) is 40.7 Å². The fourth-order valence-electron chi connectivity index (χ4n) is 1.60. The van der Waals surface area contributed by atoms with E-state index in [-0.39, 0.29) is 0 Å². The normalized spacial score (nSPS) is 10.7. The second kappa shape index (κ2) is 5.18. The van der Waals surface area contributed by atoms with Gasteiger partial charge in [-0.05, 0) is 13.3 Å². The first kappa shape index (κ1) is 11.9. The maximum absolute atomic E-state index is 10.3. The smallest absolute Gasteiger partial charge is 0.175 e. The highest BCUT2D eigenvalue weighted by Gasteiger charge is 2.12. The van der Waals surface area contributed by atoms with Crippen molar-refractivity contribution in [2.24, 2.45) is 7.05 Å². The molecule has 2 aromatic heterocycles. The zero-order valence-corrected chi connectivity index (χ0v) is 10.7. The summed E-state index contributed by atoms with van der Waals surface area (Å²) in [6.07, 6.45) is 4.92. The Morgan fingerprint density at radius 3 is 2.94 bits per heavy atom. The highest BCUT2D eigenvalue weighted by Crippen LogP contribution is 2.24. The number of hydrogen-bond donors (Lipinski definition) is 0. The molecule has 0 aliphatic rings. The predicted octanol–water partition coefficient (Wildman–Crippen LogP) is 1.77. The molecule has 0 amide bonds. The Hall–Kier alpha value is -1.56. The molecular formula is C11H14N4OS. The van der Waals surface area contributed by atoms with Crippen molar-refractivity contribution in [3.05, 3.63) is 17.0 Å². The lowest BCUT2D eigenvalue weighted by Crippen LogP contribution is -1.99. The van der Waals surface area contributed by atoms with Crippen LogP contribution in [0, 0.1) is 6.92 Å². The van der Waals surface area contributed by atoms with Crippen LogP contribution in [0.3, 0.4) is 0 Å². The zero-order chi connectivity index (χ0) is 12.3. The van der Waals surface area contributed by atoms with E-state index in [4.69, 9.17) is 0 Å². The van der Waals surface area contributed by atoms with Gasteiger partial charge in [-0.3, -0.25) is 0 Å². The highest BCUT2D eigenvalue weighted by molar-refractivity contribution is 7.14. The molecule has 0 aromatic carbocycles. The second-order valence-corrected chi connectivity index (χ2v) is 5.04. The lowest BCUT2D eigenvalue weighted by molar-refractivity contribution is -0.107. The summed E-state index contributed by atoms with van der Waals surface area (Å²) in [5, 5.41) is 9.34. The Bertz CT molecular complexity index is 517. The third kappa shape index (κ3) is 2.58. The number of rotatable bonds is 5. The Kier molecular flexibility index (Phi) is 3.63.